The van der Waals surface area contributed by atoms with Gasteiger partial charge < -0.3 is 43.2 Å². The van der Waals surface area contributed by atoms with Crippen LogP contribution in [0.5, 0.6) is 0 Å². The molecule has 0 bridgehead atoms. The van der Waals surface area contributed by atoms with Crippen LogP contribution in [0, 0.1) is 0 Å². The molecule has 13 nitrogen and oxygen atoms in total. The van der Waals surface area contributed by atoms with E-state index >= 15 is 0 Å². The van der Waals surface area contributed by atoms with Gasteiger partial charge in [0.25, 0.3) is 0 Å². The van der Waals surface area contributed by atoms with Crippen LogP contribution in [-0.2, 0) is 25.6 Å². The Kier molecular flexibility index (Phi) is 10.0. The van der Waals surface area contributed by atoms with Crippen molar-refractivity contribution in [2.24, 2.45) is 22.2 Å². The normalized spacial score (nSPS) is 13.3. The summed E-state index contributed by atoms with van der Waals surface area (Å²) in [4.78, 5) is 55.3. The highest BCUT2D eigenvalue weighted by Crippen LogP contribution is 2.18. The number of rotatable bonds is 13. The molecule has 0 saturated heterocycles. The molecule has 3 unspecified atom stereocenters. The van der Waals surface area contributed by atoms with Crippen LogP contribution in [-0.4, -0.2) is 71.0 Å². The first-order valence-electron chi connectivity index (χ1n) is 11.0. The highest BCUT2D eigenvalue weighted by atomic mass is 16.4. The summed E-state index contributed by atoms with van der Waals surface area (Å²) < 4.78 is 0. The molecule has 2 rings (SSSR count). The summed E-state index contributed by atoms with van der Waals surface area (Å²) >= 11 is 0. The number of nitrogens with two attached hydrogens (primary N) is 3. The van der Waals surface area contributed by atoms with Crippen LogP contribution in [0.15, 0.2) is 35.5 Å². The highest BCUT2D eigenvalue weighted by Gasteiger charge is 2.26. The molecule has 0 fully saturated rings. The topological polar surface area (TPSA) is 231 Å². The number of amides is 3. The summed E-state index contributed by atoms with van der Waals surface area (Å²) in [6.07, 6.45) is 2.58. The number of hydrogen-bond acceptors (Lipinski definition) is 6. The third-order valence-electron chi connectivity index (χ3n) is 5.20. The first-order chi connectivity index (χ1) is 16.6. The number of aliphatic carboxylic acids is 1. The molecule has 0 saturated carbocycles. The largest absolute Gasteiger partial charge is 0.480 e. The van der Waals surface area contributed by atoms with E-state index < -0.39 is 48.4 Å². The maximum atomic E-state index is 12.8. The van der Waals surface area contributed by atoms with E-state index in [1.54, 1.807) is 6.20 Å². The van der Waals surface area contributed by atoms with Gasteiger partial charge in [-0.25, -0.2) is 0 Å². The molecule has 13 heteroatoms. The Labute approximate surface area is 201 Å². The number of carbonyl (C=O) groups is 4. The van der Waals surface area contributed by atoms with Crippen molar-refractivity contribution in [1.29, 1.82) is 0 Å². The minimum Gasteiger partial charge on any atom is -0.480 e. The number of hydrogen-bond donors (Lipinski definition) is 8. The Morgan fingerprint density at radius 3 is 2.49 bits per heavy atom. The van der Waals surface area contributed by atoms with Crippen molar-refractivity contribution in [1.82, 2.24) is 20.9 Å². The second kappa shape index (κ2) is 12.9. The summed E-state index contributed by atoms with van der Waals surface area (Å²) in [7, 11) is 0. The van der Waals surface area contributed by atoms with Gasteiger partial charge in [-0.3, -0.25) is 24.2 Å². The number of carboxylic acid groups (broad SMARTS) is 1. The van der Waals surface area contributed by atoms with Crippen molar-refractivity contribution in [3.63, 3.8) is 0 Å². The number of para-hydroxylation sites is 1. The van der Waals surface area contributed by atoms with Gasteiger partial charge >= 0.3 is 5.97 Å². The molecule has 0 radical (unpaired) electrons. The van der Waals surface area contributed by atoms with E-state index in [9.17, 15) is 19.2 Å². The fourth-order valence-corrected chi connectivity index (χ4v) is 3.38. The Balaban J connectivity index is 2.03. The zero-order valence-electron chi connectivity index (χ0n) is 19.4. The molecule has 0 spiro atoms. The lowest BCUT2D eigenvalue weighted by atomic mass is 10.0. The average Bonchev–Trinajstić information content (AvgIpc) is 3.21. The standard InChI is InChI=1S/C22H32N8O5/c1-12(19(33)28-11-18(31)32)29-21(35)17(7-4-8-26-22(24)25)30-20(34)15(23)9-13-10-27-16-6-3-2-5-14(13)16/h2-3,5-6,10,12,15,17,27H,4,7-9,11,23H2,1H3,(H,28,33)(H,29,35)(H,30,34)(H,31,32)(H4,24,25,26). The number of fused-ring (bicyclic) bond motifs is 1. The van der Waals surface area contributed by atoms with Crippen molar-refractivity contribution in [3.05, 3.63) is 36.0 Å². The average molecular weight is 489 g/mol. The molecule has 3 atom stereocenters. The first kappa shape index (κ1) is 27.1. The van der Waals surface area contributed by atoms with Gasteiger partial charge in [0.15, 0.2) is 5.96 Å². The van der Waals surface area contributed by atoms with E-state index in [4.69, 9.17) is 22.3 Å². The summed E-state index contributed by atoms with van der Waals surface area (Å²) in [5.74, 6) is -3.16. The number of aromatic amines is 1. The number of nitrogens with one attached hydrogen (secondary N) is 4. The van der Waals surface area contributed by atoms with E-state index in [1.165, 1.54) is 6.92 Å². The lowest BCUT2D eigenvalue weighted by Crippen LogP contribution is -2.55. The Hall–Kier alpha value is -4.13. The van der Waals surface area contributed by atoms with Crippen LogP contribution in [0.1, 0.15) is 25.3 Å². The van der Waals surface area contributed by atoms with Gasteiger partial charge in [0.1, 0.15) is 18.6 Å². The van der Waals surface area contributed by atoms with Crippen LogP contribution in [0.25, 0.3) is 10.9 Å². The third-order valence-corrected chi connectivity index (χ3v) is 5.20. The molecule has 190 valence electrons. The van der Waals surface area contributed by atoms with Gasteiger partial charge in [-0.2, -0.15) is 0 Å². The van der Waals surface area contributed by atoms with E-state index in [0.717, 1.165) is 16.5 Å². The van der Waals surface area contributed by atoms with Crippen molar-refractivity contribution in [2.75, 3.05) is 13.1 Å². The summed E-state index contributed by atoms with van der Waals surface area (Å²) in [5, 5.41) is 16.9. The van der Waals surface area contributed by atoms with Gasteiger partial charge in [-0.05, 0) is 37.8 Å². The molecule has 11 N–H and O–H groups in total. The van der Waals surface area contributed by atoms with E-state index in [-0.39, 0.29) is 25.3 Å². The fourth-order valence-electron chi connectivity index (χ4n) is 3.38. The quantitative estimate of drug-likeness (QED) is 0.0915. The van der Waals surface area contributed by atoms with Gasteiger partial charge in [0, 0.05) is 23.6 Å². The second-order valence-electron chi connectivity index (χ2n) is 8.02. The van der Waals surface area contributed by atoms with Crippen molar-refractivity contribution < 1.29 is 24.3 Å². The lowest BCUT2D eigenvalue weighted by Gasteiger charge is -2.22. The molecule has 0 aliphatic carbocycles. The maximum absolute atomic E-state index is 12.8. The smallest absolute Gasteiger partial charge is 0.322 e. The maximum Gasteiger partial charge on any atom is 0.322 e. The Bertz CT molecular complexity index is 1080. The van der Waals surface area contributed by atoms with E-state index in [0.29, 0.717) is 6.42 Å². The number of carboxylic acids is 1. The SMILES string of the molecule is CC(NC(=O)C(CCCN=C(N)N)NC(=O)C(N)Cc1c[nH]c2ccccc12)C(=O)NCC(=O)O. The first-order valence-corrected chi connectivity index (χ1v) is 11.0. The zero-order chi connectivity index (χ0) is 26.0. The molecule has 1 aromatic heterocycles. The van der Waals surface area contributed by atoms with Crippen LogP contribution < -0.4 is 33.2 Å². The lowest BCUT2D eigenvalue weighted by molar-refractivity contribution is -0.138. The van der Waals surface area contributed by atoms with Crippen molar-refractivity contribution >= 4 is 40.6 Å². The molecule has 1 heterocycles. The number of carbonyl (C=O) groups excluding carboxylic acids is 3. The molecule has 35 heavy (non-hydrogen) atoms. The Morgan fingerprint density at radius 2 is 1.80 bits per heavy atom. The molecule has 2 aromatic rings. The molecular weight excluding hydrogens is 456 g/mol. The zero-order valence-corrected chi connectivity index (χ0v) is 19.4. The second-order valence-corrected chi connectivity index (χ2v) is 8.02. The Morgan fingerprint density at radius 1 is 1.09 bits per heavy atom. The summed E-state index contributed by atoms with van der Waals surface area (Å²) in [6, 6.07) is 4.63. The molecular formula is C22H32N8O5. The number of aromatic nitrogens is 1. The molecule has 0 aliphatic rings. The monoisotopic (exact) mass is 488 g/mol. The minimum atomic E-state index is -1.22. The number of nitrogens with zero attached hydrogens (tertiary/aromatic N) is 1. The van der Waals surface area contributed by atoms with Gasteiger partial charge in [0.2, 0.25) is 17.7 Å². The van der Waals surface area contributed by atoms with Crippen LogP contribution in [0.4, 0.5) is 0 Å². The number of H-pyrrole nitrogens is 1. The predicted molar refractivity (Wildman–Crippen MR) is 130 cm³/mol. The third kappa shape index (κ3) is 8.62. The van der Waals surface area contributed by atoms with Crippen LogP contribution in [0.3, 0.4) is 0 Å². The van der Waals surface area contributed by atoms with E-state index in [1.807, 2.05) is 24.3 Å². The van der Waals surface area contributed by atoms with Gasteiger partial charge in [-0.15, -0.1) is 0 Å². The van der Waals surface area contributed by atoms with Gasteiger partial charge in [-0.1, -0.05) is 18.2 Å². The molecule has 1 aromatic carbocycles. The number of guanidine groups is 1. The number of benzene rings is 1. The number of aliphatic imine (C=N–C) groups is 1. The fraction of sp³-hybridized carbons (Fsp3) is 0.409. The molecule has 3 amide bonds. The summed E-state index contributed by atoms with van der Waals surface area (Å²) in [6.45, 7) is 1.05. The molecule has 0 aliphatic heterocycles. The highest BCUT2D eigenvalue weighted by molar-refractivity contribution is 5.94. The predicted octanol–water partition coefficient (Wildman–Crippen LogP) is -1.72. The van der Waals surface area contributed by atoms with Gasteiger partial charge in [0.05, 0.1) is 6.04 Å². The van der Waals surface area contributed by atoms with Crippen molar-refractivity contribution in [3.8, 4) is 0 Å². The van der Waals surface area contributed by atoms with E-state index in [2.05, 4.69) is 25.9 Å². The van der Waals surface area contributed by atoms with Crippen molar-refractivity contribution in [2.45, 2.75) is 44.3 Å². The van der Waals surface area contributed by atoms with Crippen LogP contribution in [0.2, 0.25) is 0 Å². The minimum absolute atomic E-state index is 0.0977. The van der Waals surface area contributed by atoms with Crippen LogP contribution >= 0.6 is 0 Å². The summed E-state index contributed by atoms with van der Waals surface area (Å²) in [5.41, 5.74) is 18.5.